The van der Waals surface area contributed by atoms with E-state index in [1.165, 1.54) is 43.9 Å². The number of carbonyl (C=O) groups is 2. The van der Waals surface area contributed by atoms with Crippen LogP contribution >= 0.6 is 0 Å². The van der Waals surface area contributed by atoms with Crippen LogP contribution in [0.4, 0.5) is 14.9 Å². The molecule has 3 aromatic rings. The molecular weight excluding hydrogens is 457 g/mol. The number of H-pyrrole nitrogens is 1. The molecule has 2 aromatic carbocycles. The van der Waals surface area contributed by atoms with Gasteiger partial charge in [-0.1, -0.05) is 19.1 Å². The Bertz CT molecular complexity index is 1240. The van der Waals surface area contributed by atoms with Crippen molar-refractivity contribution in [1.29, 1.82) is 0 Å². The molecule has 0 spiro atoms. The van der Waals surface area contributed by atoms with Crippen LogP contribution in [-0.2, 0) is 11.3 Å². The number of hydrogen-bond acceptors (Lipinski definition) is 7. The Hall–Kier alpha value is -4.41. The van der Waals surface area contributed by atoms with Crippen LogP contribution in [0.5, 0.6) is 11.5 Å². The van der Waals surface area contributed by atoms with Gasteiger partial charge in [-0.2, -0.15) is 10.1 Å². The van der Waals surface area contributed by atoms with Crippen LogP contribution in [0.3, 0.4) is 0 Å². The fourth-order valence-corrected chi connectivity index (χ4v) is 3.66. The molecule has 0 saturated heterocycles. The number of rotatable bonds is 8. The lowest BCUT2D eigenvalue weighted by Gasteiger charge is -2.30. The van der Waals surface area contributed by atoms with Gasteiger partial charge < -0.3 is 24.5 Å². The molecule has 2 N–H and O–H groups in total. The standard InChI is InChI=1S/C24H24FN5O5/c1-4-19-20(16-9-10-17(25)22(34-3)21(16)33-2)29-30(24(32)35-19)12-14-5-7-15(8-6-14)28-23(31)18-11-26-13-27-18/h5-11,13,19H,4,12H2,1-3H3,(H,26,27)(H,28,31). The zero-order chi connectivity index (χ0) is 24.9. The largest absolute Gasteiger partial charge is 0.492 e. The fourth-order valence-electron chi connectivity index (χ4n) is 3.66. The van der Waals surface area contributed by atoms with Gasteiger partial charge in [0.05, 0.1) is 33.3 Å². The fraction of sp³-hybridized carbons (Fsp3) is 0.250. The Kier molecular flexibility index (Phi) is 6.95. The Morgan fingerprint density at radius 1 is 1.17 bits per heavy atom. The SMILES string of the molecule is CCC1OC(=O)N(Cc2ccc(NC(=O)c3cnc[nH]3)cc2)N=C1c1ccc(F)c(OC)c1OC. The van der Waals surface area contributed by atoms with Crippen molar-refractivity contribution in [3.63, 3.8) is 0 Å². The molecule has 0 radical (unpaired) electrons. The molecule has 10 nitrogen and oxygen atoms in total. The van der Waals surface area contributed by atoms with Crippen molar-refractivity contribution in [3.05, 3.63) is 71.6 Å². The number of aromatic amines is 1. The Morgan fingerprint density at radius 3 is 2.54 bits per heavy atom. The van der Waals surface area contributed by atoms with Gasteiger partial charge in [-0.15, -0.1) is 0 Å². The molecule has 2 amide bonds. The highest BCUT2D eigenvalue weighted by Gasteiger charge is 2.33. The molecule has 182 valence electrons. The molecule has 35 heavy (non-hydrogen) atoms. The quantitative estimate of drug-likeness (QED) is 0.503. The third-order valence-electron chi connectivity index (χ3n) is 5.39. The lowest BCUT2D eigenvalue weighted by Crippen LogP contribution is -2.41. The Labute approximate surface area is 200 Å². The first kappa shape index (κ1) is 23.7. The second-order valence-electron chi connectivity index (χ2n) is 7.60. The number of carbonyl (C=O) groups excluding carboxylic acids is 2. The van der Waals surface area contributed by atoms with Gasteiger partial charge in [-0.05, 0) is 36.2 Å². The van der Waals surface area contributed by atoms with Gasteiger partial charge in [-0.25, -0.2) is 14.2 Å². The number of ether oxygens (including phenoxy) is 3. The number of nitrogens with one attached hydrogen (secondary N) is 2. The van der Waals surface area contributed by atoms with E-state index in [4.69, 9.17) is 14.2 Å². The summed E-state index contributed by atoms with van der Waals surface area (Å²) in [4.78, 5) is 31.4. The molecule has 0 aliphatic carbocycles. The van der Waals surface area contributed by atoms with Gasteiger partial charge in [0.25, 0.3) is 5.91 Å². The van der Waals surface area contributed by atoms with E-state index >= 15 is 0 Å². The first-order chi connectivity index (χ1) is 16.9. The number of nitrogens with zero attached hydrogens (tertiary/aromatic N) is 3. The van der Waals surface area contributed by atoms with Crippen LogP contribution in [0.25, 0.3) is 0 Å². The van der Waals surface area contributed by atoms with Crippen molar-refractivity contribution in [2.24, 2.45) is 5.10 Å². The molecule has 1 atom stereocenters. The minimum absolute atomic E-state index is 0.0567. The van der Waals surface area contributed by atoms with Crippen LogP contribution < -0.4 is 14.8 Å². The molecule has 1 aliphatic rings. The van der Waals surface area contributed by atoms with Crippen LogP contribution in [0.2, 0.25) is 0 Å². The van der Waals surface area contributed by atoms with Gasteiger partial charge in [0.1, 0.15) is 17.5 Å². The second-order valence-corrected chi connectivity index (χ2v) is 7.60. The third-order valence-corrected chi connectivity index (χ3v) is 5.39. The van der Waals surface area contributed by atoms with E-state index in [1.54, 1.807) is 24.3 Å². The highest BCUT2D eigenvalue weighted by atomic mass is 19.1. The predicted molar refractivity (Wildman–Crippen MR) is 125 cm³/mol. The molecule has 1 unspecified atom stereocenters. The summed E-state index contributed by atoms with van der Waals surface area (Å²) < 4.78 is 30.4. The molecule has 1 aromatic heterocycles. The summed E-state index contributed by atoms with van der Waals surface area (Å²) in [5, 5.41) is 8.48. The molecule has 0 saturated carbocycles. The summed E-state index contributed by atoms with van der Waals surface area (Å²) in [5.74, 6) is -0.789. The molecule has 0 fully saturated rings. The summed E-state index contributed by atoms with van der Waals surface area (Å²) in [6.07, 6.45) is 2.07. The smallest absolute Gasteiger partial charge is 0.431 e. The number of cyclic esters (lactones) is 1. The average Bonchev–Trinajstić information content (AvgIpc) is 3.41. The van der Waals surface area contributed by atoms with Crippen molar-refractivity contribution in [1.82, 2.24) is 15.0 Å². The average molecular weight is 481 g/mol. The normalized spacial score (nSPS) is 15.3. The highest BCUT2D eigenvalue weighted by molar-refractivity contribution is 6.08. The van der Waals surface area contributed by atoms with Crippen molar-refractivity contribution in [2.75, 3.05) is 19.5 Å². The molecular formula is C24H24FN5O5. The topological polar surface area (TPSA) is 118 Å². The number of halogens is 1. The zero-order valence-corrected chi connectivity index (χ0v) is 19.4. The van der Waals surface area contributed by atoms with Gasteiger partial charge in [0.15, 0.2) is 17.3 Å². The second kappa shape index (κ2) is 10.2. The number of imidazole rings is 1. The van der Waals surface area contributed by atoms with E-state index in [2.05, 4.69) is 20.4 Å². The van der Waals surface area contributed by atoms with Crippen LogP contribution in [0.15, 0.2) is 54.0 Å². The summed E-state index contributed by atoms with van der Waals surface area (Å²) in [7, 11) is 2.75. The third kappa shape index (κ3) is 4.93. The molecule has 11 heteroatoms. The predicted octanol–water partition coefficient (Wildman–Crippen LogP) is 3.95. The number of methoxy groups -OCH3 is 2. The van der Waals surface area contributed by atoms with E-state index < -0.39 is 18.0 Å². The number of hydrazone groups is 1. The molecule has 1 aliphatic heterocycles. The molecule has 4 rings (SSSR count). The Morgan fingerprint density at radius 2 is 1.91 bits per heavy atom. The molecule has 0 bridgehead atoms. The minimum Gasteiger partial charge on any atom is -0.492 e. The van der Waals surface area contributed by atoms with E-state index in [-0.39, 0.29) is 24.0 Å². The maximum Gasteiger partial charge on any atom is 0.431 e. The lowest BCUT2D eigenvalue weighted by atomic mass is 10.0. The van der Waals surface area contributed by atoms with E-state index in [9.17, 15) is 14.0 Å². The number of benzene rings is 2. The minimum atomic E-state index is -0.636. The van der Waals surface area contributed by atoms with E-state index in [0.29, 0.717) is 29.1 Å². The maximum absolute atomic E-state index is 14.2. The number of anilines is 1. The number of aromatic nitrogens is 2. The van der Waals surface area contributed by atoms with Crippen molar-refractivity contribution in [3.8, 4) is 11.5 Å². The van der Waals surface area contributed by atoms with Gasteiger partial charge in [0, 0.05) is 11.3 Å². The van der Waals surface area contributed by atoms with Crippen LogP contribution in [-0.4, -0.2) is 53.0 Å². The van der Waals surface area contributed by atoms with Crippen LogP contribution in [0, 0.1) is 5.82 Å². The Balaban J connectivity index is 1.58. The highest BCUT2D eigenvalue weighted by Crippen LogP contribution is 2.36. The monoisotopic (exact) mass is 481 g/mol. The number of hydrogen-bond donors (Lipinski definition) is 2. The molecule has 2 heterocycles. The van der Waals surface area contributed by atoms with Crippen LogP contribution in [0.1, 0.15) is 35.0 Å². The summed E-state index contributed by atoms with van der Waals surface area (Å²) >= 11 is 0. The van der Waals surface area contributed by atoms with Gasteiger partial charge in [0.2, 0.25) is 0 Å². The summed E-state index contributed by atoms with van der Waals surface area (Å²) in [5.41, 5.74) is 2.55. The van der Waals surface area contributed by atoms with Gasteiger partial charge >= 0.3 is 6.09 Å². The van der Waals surface area contributed by atoms with Crippen molar-refractivity contribution in [2.45, 2.75) is 26.0 Å². The lowest BCUT2D eigenvalue weighted by molar-refractivity contribution is 0.0711. The zero-order valence-electron chi connectivity index (χ0n) is 19.4. The van der Waals surface area contributed by atoms with E-state index in [0.717, 1.165) is 5.56 Å². The first-order valence-electron chi connectivity index (χ1n) is 10.8. The maximum atomic E-state index is 14.2. The van der Waals surface area contributed by atoms with Gasteiger partial charge in [-0.3, -0.25) is 4.79 Å². The van der Waals surface area contributed by atoms with Crippen molar-refractivity contribution >= 4 is 23.4 Å². The van der Waals surface area contributed by atoms with E-state index in [1.807, 2.05) is 6.92 Å². The summed E-state index contributed by atoms with van der Waals surface area (Å²) in [6.45, 7) is 1.97. The van der Waals surface area contributed by atoms with Crippen molar-refractivity contribution < 1.29 is 28.2 Å². The number of amides is 2. The first-order valence-corrected chi connectivity index (χ1v) is 10.8. The summed E-state index contributed by atoms with van der Waals surface area (Å²) in [6, 6.07) is 9.73.